The van der Waals surface area contributed by atoms with Crippen molar-refractivity contribution in [3.63, 3.8) is 0 Å². The first-order valence-electron chi connectivity index (χ1n) is 5.24. The van der Waals surface area contributed by atoms with Crippen molar-refractivity contribution in [3.8, 4) is 0 Å². The third kappa shape index (κ3) is 3.77. The van der Waals surface area contributed by atoms with Crippen molar-refractivity contribution in [1.29, 1.82) is 0 Å². The van der Waals surface area contributed by atoms with Crippen LogP contribution < -0.4 is 5.32 Å². The lowest BCUT2D eigenvalue weighted by Crippen LogP contribution is -2.41. The first-order chi connectivity index (χ1) is 6.34. The minimum atomic E-state index is -0.0619. The summed E-state index contributed by atoms with van der Waals surface area (Å²) < 4.78 is 5.12. The van der Waals surface area contributed by atoms with Gasteiger partial charge in [0.2, 0.25) is 0 Å². The summed E-state index contributed by atoms with van der Waals surface area (Å²) in [5.74, 6) is -0.0619. The summed E-state index contributed by atoms with van der Waals surface area (Å²) in [6.07, 6.45) is 5.30. The van der Waals surface area contributed by atoms with E-state index in [-0.39, 0.29) is 12.0 Å². The SMILES string of the molecule is CCCCOC(=O)[C@H]1CCCCN1. The van der Waals surface area contributed by atoms with E-state index in [1.807, 2.05) is 0 Å². The molecule has 1 heterocycles. The Hall–Kier alpha value is -0.570. The lowest BCUT2D eigenvalue weighted by Gasteiger charge is -2.21. The van der Waals surface area contributed by atoms with E-state index in [1.54, 1.807) is 0 Å². The minimum Gasteiger partial charge on any atom is -0.465 e. The van der Waals surface area contributed by atoms with Crippen molar-refractivity contribution < 1.29 is 9.53 Å². The van der Waals surface area contributed by atoms with Crippen molar-refractivity contribution in [2.24, 2.45) is 0 Å². The predicted octanol–water partition coefficient (Wildman–Crippen LogP) is 1.47. The lowest BCUT2D eigenvalue weighted by atomic mass is 10.1. The highest BCUT2D eigenvalue weighted by Gasteiger charge is 2.21. The largest absolute Gasteiger partial charge is 0.465 e. The maximum absolute atomic E-state index is 11.4. The van der Waals surface area contributed by atoms with Gasteiger partial charge in [0, 0.05) is 0 Å². The third-order valence-electron chi connectivity index (χ3n) is 2.34. The van der Waals surface area contributed by atoms with Crippen molar-refractivity contribution >= 4 is 5.97 Å². The zero-order valence-corrected chi connectivity index (χ0v) is 8.34. The number of hydrogen-bond acceptors (Lipinski definition) is 3. The molecule has 0 spiro atoms. The van der Waals surface area contributed by atoms with Crippen LogP contribution in [0.15, 0.2) is 0 Å². The highest BCUT2D eigenvalue weighted by molar-refractivity contribution is 5.75. The van der Waals surface area contributed by atoms with Gasteiger partial charge in [0.1, 0.15) is 6.04 Å². The first-order valence-corrected chi connectivity index (χ1v) is 5.24. The molecule has 0 aliphatic carbocycles. The van der Waals surface area contributed by atoms with Gasteiger partial charge in [-0.05, 0) is 25.8 Å². The fraction of sp³-hybridized carbons (Fsp3) is 0.900. The van der Waals surface area contributed by atoms with Crippen molar-refractivity contribution in [2.45, 2.75) is 45.1 Å². The molecule has 1 fully saturated rings. The smallest absolute Gasteiger partial charge is 0.323 e. The van der Waals surface area contributed by atoms with Crippen LogP contribution in [0.5, 0.6) is 0 Å². The Bertz CT molecular complexity index is 153. The maximum Gasteiger partial charge on any atom is 0.323 e. The molecule has 1 saturated heterocycles. The second kappa shape index (κ2) is 5.97. The van der Waals surface area contributed by atoms with Gasteiger partial charge in [-0.15, -0.1) is 0 Å². The number of carbonyl (C=O) groups is 1. The number of nitrogens with one attached hydrogen (secondary N) is 1. The van der Waals surface area contributed by atoms with Crippen molar-refractivity contribution in [3.05, 3.63) is 0 Å². The Balaban J connectivity index is 2.13. The standard InChI is InChI=1S/C10H19NO2/c1-2-3-8-13-10(12)9-6-4-5-7-11-9/h9,11H,2-8H2,1H3/t9-/m1/s1. The fourth-order valence-electron chi connectivity index (χ4n) is 1.47. The van der Waals surface area contributed by atoms with E-state index < -0.39 is 0 Å². The lowest BCUT2D eigenvalue weighted by molar-refractivity contribution is -0.146. The van der Waals surface area contributed by atoms with Gasteiger partial charge in [-0.3, -0.25) is 4.79 Å². The molecule has 3 heteroatoms. The van der Waals surface area contributed by atoms with Crippen LogP contribution in [-0.4, -0.2) is 25.2 Å². The van der Waals surface area contributed by atoms with Gasteiger partial charge in [0.05, 0.1) is 6.61 Å². The van der Waals surface area contributed by atoms with E-state index in [1.165, 1.54) is 6.42 Å². The van der Waals surface area contributed by atoms with Crippen molar-refractivity contribution in [2.75, 3.05) is 13.2 Å². The van der Waals surface area contributed by atoms with Gasteiger partial charge >= 0.3 is 5.97 Å². The quantitative estimate of drug-likeness (QED) is 0.532. The van der Waals surface area contributed by atoms with Crippen LogP contribution >= 0.6 is 0 Å². The molecule has 1 rings (SSSR count). The summed E-state index contributed by atoms with van der Waals surface area (Å²) in [4.78, 5) is 11.4. The van der Waals surface area contributed by atoms with Crippen LogP contribution in [0.2, 0.25) is 0 Å². The normalized spacial score (nSPS) is 22.7. The van der Waals surface area contributed by atoms with Crippen LogP contribution in [0.1, 0.15) is 39.0 Å². The van der Waals surface area contributed by atoms with E-state index in [0.29, 0.717) is 6.61 Å². The minimum absolute atomic E-state index is 0.0365. The number of rotatable bonds is 4. The Morgan fingerprint density at radius 1 is 1.54 bits per heavy atom. The monoisotopic (exact) mass is 185 g/mol. The first kappa shape index (κ1) is 10.5. The summed E-state index contributed by atoms with van der Waals surface area (Å²) in [5, 5.41) is 3.17. The Kier molecular flexibility index (Phi) is 4.83. The molecule has 0 bridgehead atoms. The van der Waals surface area contributed by atoms with E-state index in [2.05, 4.69) is 12.2 Å². The molecule has 0 amide bonds. The van der Waals surface area contributed by atoms with Gasteiger partial charge in [0.25, 0.3) is 0 Å². The fourth-order valence-corrected chi connectivity index (χ4v) is 1.47. The summed E-state index contributed by atoms with van der Waals surface area (Å²) in [7, 11) is 0. The van der Waals surface area contributed by atoms with Crippen LogP contribution in [0.3, 0.4) is 0 Å². The molecule has 76 valence electrons. The highest BCUT2D eigenvalue weighted by atomic mass is 16.5. The number of hydrogen-bond donors (Lipinski definition) is 1. The Labute approximate surface area is 79.8 Å². The van der Waals surface area contributed by atoms with Crippen LogP contribution in [0.25, 0.3) is 0 Å². The average Bonchev–Trinajstić information content (AvgIpc) is 2.19. The molecule has 1 aliphatic heterocycles. The molecule has 0 aromatic carbocycles. The maximum atomic E-state index is 11.4. The predicted molar refractivity (Wildman–Crippen MR) is 51.5 cm³/mol. The average molecular weight is 185 g/mol. The number of unbranched alkanes of at least 4 members (excludes halogenated alkanes) is 1. The summed E-state index contributed by atoms with van der Waals surface area (Å²) in [5.41, 5.74) is 0. The molecule has 1 atom stereocenters. The molecule has 1 aliphatic rings. The van der Waals surface area contributed by atoms with Gasteiger partial charge in [0.15, 0.2) is 0 Å². The van der Waals surface area contributed by atoms with Crippen molar-refractivity contribution in [1.82, 2.24) is 5.32 Å². The second-order valence-electron chi connectivity index (χ2n) is 3.52. The molecular weight excluding hydrogens is 166 g/mol. The van der Waals surface area contributed by atoms with E-state index in [0.717, 1.165) is 32.2 Å². The van der Waals surface area contributed by atoms with E-state index in [4.69, 9.17) is 4.74 Å². The molecular formula is C10H19NO2. The molecule has 1 N–H and O–H groups in total. The number of esters is 1. The van der Waals surface area contributed by atoms with Gasteiger partial charge in [-0.25, -0.2) is 0 Å². The molecule has 13 heavy (non-hydrogen) atoms. The molecule has 0 aromatic rings. The summed E-state index contributed by atoms with van der Waals surface area (Å²) >= 11 is 0. The molecule has 0 saturated carbocycles. The summed E-state index contributed by atoms with van der Waals surface area (Å²) in [6.45, 7) is 3.62. The zero-order chi connectivity index (χ0) is 9.52. The topological polar surface area (TPSA) is 38.3 Å². The highest BCUT2D eigenvalue weighted by Crippen LogP contribution is 2.08. The van der Waals surface area contributed by atoms with E-state index >= 15 is 0 Å². The molecule has 0 unspecified atom stereocenters. The Morgan fingerprint density at radius 2 is 2.38 bits per heavy atom. The molecule has 3 nitrogen and oxygen atoms in total. The second-order valence-corrected chi connectivity index (χ2v) is 3.52. The van der Waals surface area contributed by atoms with Crippen LogP contribution in [0, 0.1) is 0 Å². The number of carbonyl (C=O) groups excluding carboxylic acids is 1. The van der Waals surface area contributed by atoms with E-state index in [9.17, 15) is 4.79 Å². The van der Waals surface area contributed by atoms with Gasteiger partial charge < -0.3 is 10.1 Å². The van der Waals surface area contributed by atoms with Crippen LogP contribution in [0.4, 0.5) is 0 Å². The summed E-state index contributed by atoms with van der Waals surface area (Å²) in [6, 6.07) is -0.0365. The van der Waals surface area contributed by atoms with Gasteiger partial charge in [-0.1, -0.05) is 19.8 Å². The number of piperidine rings is 1. The molecule has 0 aromatic heterocycles. The van der Waals surface area contributed by atoms with Crippen LogP contribution in [-0.2, 0) is 9.53 Å². The Morgan fingerprint density at radius 3 is 3.00 bits per heavy atom. The zero-order valence-electron chi connectivity index (χ0n) is 8.34. The molecule has 0 radical (unpaired) electrons. The third-order valence-corrected chi connectivity index (χ3v) is 2.34. The van der Waals surface area contributed by atoms with Gasteiger partial charge in [-0.2, -0.15) is 0 Å². The number of ether oxygens (including phenoxy) is 1.